The van der Waals surface area contributed by atoms with Crippen molar-refractivity contribution in [2.45, 2.75) is 0 Å². The Morgan fingerprint density at radius 1 is 1.00 bits per heavy atom. The van der Waals surface area contributed by atoms with Crippen LogP contribution in [0.15, 0.2) is 0 Å². The maximum atomic E-state index is 0. The van der Waals surface area contributed by atoms with Gasteiger partial charge in [0.25, 0.3) is 0 Å². The van der Waals surface area contributed by atoms with Crippen LogP contribution in [0.4, 0.5) is 0 Å². The van der Waals surface area contributed by atoms with Crippen LogP contribution < -0.4 is 0 Å². The van der Waals surface area contributed by atoms with E-state index >= 15 is 0 Å². The molecule has 0 aliphatic rings. The molecule has 0 amide bonds. The van der Waals surface area contributed by atoms with Crippen LogP contribution in [0.2, 0.25) is 0 Å². The Morgan fingerprint density at radius 3 is 1.00 bits per heavy atom. The minimum absolute atomic E-state index is 0. The molecule has 4 heteroatoms. The van der Waals surface area contributed by atoms with Crippen molar-refractivity contribution in [2.75, 3.05) is 0 Å². The first-order valence-electron chi connectivity index (χ1n) is 0. The van der Waals surface area contributed by atoms with Gasteiger partial charge in [-0.1, -0.05) is 0 Å². The van der Waals surface area contributed by atoms with E-state index in [-0.39, 0.29) is 83.5 Å². The smallest absolute Gasteiger partial charge is 0 e. The summed E-state index contributed by atoms with van der Waals surface area (Å²) < 4.78 is 0. The Bertz CT molecular complexity index is 8.00. The first-order valence-corrected chi connectivity index (χ1v) is 0. The molecule has 0 spiro atoms. The van der Waals surface area contributed by atoms with Gasteiger partial charge >= 0.3 is 0 Å². The molecule has 0 atom stereocenters. The molecule has 0 unspecified atom stereocenters. The first-order chi connectivity index (χ1) is 0. The van der Waals surface area contributed by atoms with Crippen LogP contribution in [0.1, 0.15) is 0 Å². The second kappa shape index (κ2) is 17.2. The Morgan fingerprint density at radius 2 is 1.00 bits per heavy atom. The summed E-state index contributed by atoms with van der Waals surface area (Å²) in [4.78, 5) is 0. The summed E-state index contributed by atoms with van der Waals surface area (Å²) in [7, 11) is 0. The second-order valence-electron chi connectivity index (χ2n) is 0. The van der Waals surface area contributed by atoms with Crippen molar-refractivity contribution in [2.24, 2.45) is 0 Å². The molecule has 0 aliphatic carbocycles. The maximum Gasteiger partial charge on any atom is 0 e. The summed E-state index contributed by atoms with van der Waals surface area (Å²) in [5.41, 5.74) is 0. The SMILES string of the molecule is [Ag].[Au].[Cu].[Ti]. The molecule has 0 heterocycles. The van der Waals surface area contributed by atoms with E-state index in [0.717, 1.165) is 0 Å². The molecule has 0 aliphatic heterocycles. The van der Waals surface area contributed by atoms with Gasteiger partial charge in [0.2, 0.25) is 0 Å². The van der Waals surface area contributed by atoms with Crippen molar-refractivity contribution in [1.82, 2.24) is 0 Å². The number of rotatable bonds is 0. The third-order valence-electron chi connectivity index (χ3n) is 0. The molecule has 0 fully saturated rings. The zero-order valence-electron chi connectivity index (χ0n) is 1.40. The van der Waals surface area contributed by atoms with Gasteiger partial charge in [-0.3, -0.25) is 0 Å². The molecule has 0 N–H and O–H groups in total. The maximum absolute atomic E-state index is 0. The van der Waals surface area contributed by atoms with Crippen molar-refractivity contribution in [1.29, 1.82) is 0 Å². The molecule has 0 nitrogen and oxygen atoms in total. The van der Waals surface area contributed by atoms with Crippen LogP contribution in [0.5, 0.6) is 0 Å². The number of hydrogen-bond acceptors (Lipinski definition) is 0. The summed E-state index contributed by atoms with van der Waals surface area (Å²) in [6, 6.07) is 0. The van der Waals surface area contributed by atoms with E-state index in [2.05, 4.69) is 0 Å². The van der Waals surface area contributed by atoms with E-state index in [1.807, 2.05) is 0 Å². The van der Waals surface area contributed by atoms with Crippen LogP contribution in [-0.4, -0.2) is 0 Å². The molecule has 0 aromatic heterocycles. The fourth-order valence-electron chi connectivity index (χ4n) is 0. The summed E-state index contributed by atoms with van der Waals surface area (Å²) in [5.74, 6) is 0. The fraction of sp³-hybridized carbons (Fsp3) is 0. The van der Waals surface area contributed by atoms with Crippen LogP contribution in [0.25, 0.3) is 0 Å². The van der Waals surface area contributed by atoms with Crippen LogP contribution in [-0.2, 0) is 83.5 Å². The van der Waals surface area contributed by atoms with Crippen molar-refractivity contribution >= 4 is 0 Å². The average molecular weight is 416 g/mol. The standard InChI is InChI=1S/Ag.Au.Cu.Ti. The van der Waals surface area contributed by atoms with Gasteiger partial charge in [-0.25, -0.2) is 0 Å². The van der Waals surface area contributed by atoms with Gasteiger partial charge in [-0.15, -0.1) is 0 Å². The van der Waals surface area contributed by atoms with E-state index in [4.69, 9.17) is 0 Å². The van der Waals surface area contributed by atoms with Gasteiger partial charge in [0.05, 0.1) is 0 Å². The monoisotopic (exact) mass is 415 g/mol. The fourth-order valence-corrected chi connectivity index (χ4v) is 0. The summed E-state index contributed by atoms with van der Waals surface area (Å²) in [6.45, 7) is 0. The quantitative estimate of drug-likeness (QED) is 0.488. The van der Waals surface area contributed by atoms with E-state index in [1.165, 1.54) is 0 Å². The van der Waals surface area contributed by atoms with Gasteiger partial charge in [-0.05, 0) is 0 Å². The zero-order chi connectivity index (χ0) is 0. The minimum atomic E-state index is 0. The molecule has 0 saturated carbocycles. The summed E-state index contributed by atoms with van der Waals surface area (Å²) >= 11 is 0. The van der Waals surface area contributed by atoms with Gasteiger partial charge < -0.3 is 0 Å². The molecule has 0 bridgehead atoms. The van der Waals surface area contributed by atoms with Crippen molar-refractivity contribution in [3.63, 3.8) is 0 Å². The van der Waals surface area contributed by atoms with Crippen LogP contribution in [0, 0.1) is 0 Å². The molecular weight excluding hydrogens is 416 g/mol. The molecule has 0 aromatic carbocycles. The second-order valence-corrected chi connectivity index (χ2v) is 0. The molecule has 0 aromatic rings. The van der Waals surface area contributed by atoms with E-state index in [1.54, 1.807) is 0 Å². The molecular formula is AgAuCuTi. The van der Waals surface area contributed by atoms with Crippen molar-refractivity contribution < 1.29 is 83.5 Å². The van der Waals surface area contributed by atoms with E-state index in [0.29, 0.717) is 0 Å². The zero-order valence-corrected chi connectivity index (χ0v) is 7.56. The average Bonchev–Trinajstić information content (AvgIpc) is 0. The summed E-state index contributed by atoms with van der Waals surface area (Å²) in [5, 5.41) is 0. The third kappa shape index (κ3) is 8.83. The van der Waals surface area contributed by atoms with E-state index in [9.17, 15) is 0 Å². The first kappa shape index (κ1) is 29.8. The Hall–Kier alpha value is 2.71. The van der Waals surface area contributed by atoms with Crippen molar-refractivity contribution in [3.8, 4) is 0 Å². The number of hydrogen-bond donors (Lipinski definition) is 0. The van der Waals surface area contributed by atoms with E-state index < -0.39 is 0 Å². The van der Waals surface area contributed by atoms with Gasteiger partial charge in [-0.2, -0.15) is 0 Å². The summed E-state index contributed by atoms with van der Waals surface area (Å²) in [6.07, 6.45) is 0. The topological polar surface area (TPSA) is 0 Å². The van der Waals surface area contributed by atoms with Crippen LogP contribution >= 0.6 is 0 Å². The molecule has 0 rings (SSSR count). The van der Waals surface area contributed by atoms with Gasteiger partial charge in [0.1, 0.15) is 0 Å². The molecule has 0 saturated heterocycles. The van der Waals surface area contributed by atoms with Crippen LogP contribution in [0.3, 0.4) is 0 Å². The Labute approximate surface area is 82.2 Å². The normalized spacial score (nSPS) is 0. The third-order valence-corrected chi connectivity index (χ3v) is 0. The molecule has 3 radical (unpaired) electrons. The molecule has 37 valence electrons. The predicted molar refractivity (Wildman–Crippen MR) is 0 cm³/mol. The Balaban J connectivity index is 0. The van der Waals surface area contributed by atoms with Crippen molar-refractivity contribution in [3.05, 3.63) is 0 Å². The van der Waals surface area contributed by atoms with Gasteiger partial charge in [0.15, 0.2) is 0 Å². The largest absolute Gasteiger partial charge is 0 e. The minimum Gasteiger partial charge on any atom is 0 e. The Kier molecular flexibility index (Phi) is 128. The van der Waals surface area contributed by atoms with Gasteiger partial charge in [0, 0.05) is 83.5 Å². The molecule has 4 heavy (non-hydrogen) atoms. The predicted octanol–water partition coefficient (Wildman–Crippen LogP) is -0.0100.